The summed E-state index contributed by atoms with van der Waals surface area (Å²) in [7, 11) is 0. The number of nitrogen functional groups attached to an aromatic ring is 1. The number of carbonyl (C=O) groups excluding carboxylic acids is 1. The molecule has 2 rings (SSSR count). The third kappa shape index (κ3) is 3.05. The molecule has 2 N–H and O–H groups in total. The van der Waals surface area contributed by atoms with Crippen LogP contribution in [-0.4, -0.2) is 20.3 Å². The van der Waals surface area contributed by atoms with E-state index in [9.17, 15) is 4.79 Å². The molecular weight excluding hydrogens is 292 g/mol. The van der Waals surface area contributed by atoms with Crippen LogP contribution in [0.3, 0.4) is 0 Å². The van der Waals surface area contributed by atoms with Gasteiger partial charge in [0.15, 0.2) is 0 Å². The smallest absolute Gasteiger partial charge is 0.355 e. The molecule has 0 spiro atoms. The number of hydrogen-bond acceptors (Lipinski definition) is 4. The summed E-state index contributed by atoms with van der Waals surface area (Å²) in [6.07, 6.45) is 1.71. The first-order valence-electron chi connectivity index (χ1n) is 6.82. The first-order valence-corrected chi connectivity index (χ1v) is 7.20. The molecule has 2 heterocycles. The third-order valence-corrected chi connectivity index (χ3v) is 3.75. The number of nitrogens with two attached hydrogens (primary N) is 1. The second kappa shape index (κ2) is 6.22. The predicted octanol–water partition coefficient (Wildman–Crippen LogP) is 2.63. The zero-order valence-electron chi connectivity index (χ0n) is 12.4. The highest BCUT2D eigenvalue weighted by Crippen LogP contribution is 2.21. The normalized spacial score (nSPS) is 10.9. The molecule has 7 heteroatoms. The number of aryl methyl sites for hydroxylation is 3. The van der Waals surface area contributed by atoms with Gasteiger partial charge in [-0.2, -0.15) is 5.10 Å². The Balaban J connectivity index is 2.14. The highest BCUT2D eigenvalue weighted by Gasteiger charge is 2.17. The quantitative estimate of drug-likeness (QED) is 0.861. The van der Waals surface area contributed by atoms with Crippen molar-refractivity contribution in [2.75, 3.05) is 5.73 Å². The highest BCUT2D eigenvalue weighted by molar-refractivity contribution is 6.31. The molecular formula is C14H19ClN4O2. The molecule has 0 atom stereocenters. The first kappa shape index (κ1) is 15.4. The van der Waals surface area contributed by atoms with E-state index >= 15 is 0 Å². The Hall–Kier alpha value is -1.95. The van der Waals surface area contributed by atoms with E-state index < -0.39 is 5.97 Å². The minimum absolute atomic E-state index is 0.0845. The Labute approximate surface area is 128 Å². The lowest BCUT2D eigenvalue weighted by molar-refractivity contribution is 0.0450. The fourth-order valence-corrected chi connectivity index (χ4v) is 2.37. The van der Waals surface area contributed by atoms with Gasteiger partial charge >= 0.3 is 5.97 Å². The van der Waals surface area contributed by atoms with Crippen molar-refractivity contribution >= 4 is 23.3 Å². The summed E-state index contributed by atoms with van der Waals surface area (Å²) in [5.41, 5.74) is 8.11. The molecule has 0 aromatic carbocycles. The Morgan fingerprint density at radius 2 is 2.14 bits per heavy atom. The molecule has 114 valence electrons. The molecule has 21 heavy (non-hydrogen) atoms. The number of esters is 1. The molecule has 0 saturated heterocycles. The maximum atomic E-state index is 12.2. The zero-order valence-corrected chi connectivity index (χ0v) is 13.1. The van der Waals surface area contributed by atoms with Crippen molar-refractivity contribution in [3.05, 3.63) is 34.4 Å². The Morgan fingerprint density at radius 3 is 2.76 bits per heavy atom. The van der Waals surface area contributed by atoms with Crippen molar-refractivity contribution in [3.63, 3.8) is 0 Å². The molecule has 0 aliphatic carbocycles. The fraction of sp³-hybridized carbons (Fsp3) is 0.429. The molecule has 0 bridgehead atoms. The number of nitrogens with zero attached hydrogens (tertiary/aromatic N) is 3. The van der Waals surface area contributed by atoms with Crippen molar-refractivity contribution in [2.24, 2.45) is 0 Å². The molecule has 2 aromatic heterocycles. The van der Waals surface area contributed by atoms with Gasteiger partial charge in [0, 0.05) is 19.3 Å². The van der Waals surface area contributed by atoms with Crippen LogP contribution in [0.15, 0.2) is 12.3 Å². The van der Waals surface area contributed by atoms with E-state index in [0.29, 0.717) is 35.2 Å². The molecule has 6 nitrogen and oxygen atoms in total. The Kier molecular flexibility index (Phi) is 4.57. The Bertz CT molecular complexity index is 660. The van der Waals surface area contributed by atoms with Gasteiger partial charge in [-0.05, 0) is 26.8 Å². The average molecular weight is 311 g/mol. The van der Waals surface area contributed by atoms with Crippen LogP contribution >= 0.6 is 11.6 Å². The minimum atomic E-state index is -0.425. The first-order chi connectivity index (χ1) is 9.97. The van der Waals surface area contributed by atoms with Gasteiger partial charge in [-0.25, -0.2) is 4.79 Å². The number of rotatable bonds is 5. The van der Waals surface area contributed by atoms with Crippen LogP contribution in [0.2, 0.25) is 5.02 Å². The van der Waals surface area contributed by atoms with E-state index in [2.05, 4.69) is 5.10 Å². The van der Waals surface area contributed by atoms with Crippen LogP contribution in [0, 0.1) is 6.92 Å². The van der Waals surface area contributed by atoms with Crippen molar-refractivity contribution in [3.8, 4) is 0 Å². The molecule has 0 radical (unpaired) electrons. The number of ether oxygens (including phenoxy) is 1. The van der Waals surface area contributed by atoms with Gasteiger partial charge in [-0.15, -0.1) is 0 Å². The largest absolute Gasteiger partial charge is 0.454 e. The summed E-state index contributed by atoms with van der Waals surface area (Å²) in [5, 5.41) is 4.82. The minimum Gasteiger partial charge on any atom is -0.454 e. The summed E-state index contributed by atoms with van der Waals surface area (Å²) in [5.74, 6) is -0.425. The molecule has 2 aromatic rings. The van der Waals surface area contributed by atoms with Crippen LogP contribution in [0.1, 0.15) is 35.7 Å². The maximum Gasteiger partial charge on any atom is 0.355 e. The van der Waals surface area contributed by atoms with E-state index in [4.69, 9.17) is 22.1 Å². The van der Waals surface area contributed by atoms with Gasteiger partial charge in [-0.3, -0.25) is 4.68 Å². The van der Waals surface area contributed by atoms with Crippen molar-refractivity contribution < 1.29 is 9.53 Å². The molecule has 0 unspecified atom stereocenters. The van der Waals surface area contributed by atoms with E-state index in [1.165, 1.54) is 0 Å². The number of carbonyl (C=O) groups is 1. The standard InChI is InChI=1S/C14H19ClN4O2/c1-4-18-7-10(16)6-11(18)14(20)21-8-12-13(15)9(3)17-19(12)5-2/h6-7H,4-5,8,16H2,1-3H3. The maximum absolute atomic E-state index is 12.2. The predicted molar refractivity (Wildman–Crippen MR) is 81.3 cm³/mol. The topological polar surface area (TPSA) is 75.1 Å². The SMILES string of the molecule is CCn1cc(N)cc1C(=O)OCc1c(Cl)c(C)nn1CC. The number of aromatic nitrogens is 3. The zero-order chi connectivity index (χ0) is 15.6. The summed E-state index contributed by atoms with van der Waals surface area (Å²) < 4.78 is 8.83. The van der Waals surface area contributed by atoms with Crippen LogP contribution in [0.5, 0.6) is 0 Å². The van der Waals surface area contributed by atoms with Gasteiger partial charge in [0.1, 0.15) is 12.3 Å². The molecule has 0 saturated carbocycles. The number of anilines is 1. The third-order valence-electron chi connectivity index (χ3n) is 3.26. The molecule has 0 aliphatic rings. The lowest BCUT2D eigenvalue weighted by atomic mass is 10.3. The number of halogens is 1. The van der Waals surface area contributed by atoms with Gasteiger partial charge in [0.2, 0.25) is 0 Å². The molecule has 0 fully saturated rings. The van der Waals surface area contributed by atoms with Gasteiger partial charge < -0.3 is 15.0 Å². The van der Waals surface area contributed by atoms with Crippen molar-refractivity contribution in [1.29, 1.82) is 0 Å². The molecule has 0 amide bonds. The summed E-state index contributed by atoms with van der Waals surface area (Å²) in [6, 6.07) is 1.61. The van der Waals surface area contributed by atoms with E-state index in [1.807, 2.05) is 20.8 Å². The molecule has 0 aliphatic heterocycles. The Morgan fingerprint density at radius 1 is 1.43 bits per heavy atom. The van der Waals surface area contributed by atoms with Gasteiger partial charge in [-0.1, -0.05) is 11.6 Å². The van der Waals surface area contributed by atoms with E-state index in [0.717, 1.165) is 5.69 Å². The van der Waals surface area contributed by atoms with Gasteiger partial charge in [0.05, 0.1) is 22.1 Å². The fourth-order valence-electron chi connectivity index (χ4n) is 2.18. The van der Waals surface area contributed by atoms with E-state index in [1.54, 1.807) is 21.5 Å². The summed E-state index contributed by atoms with van der Waals surface area (Å²) in [6.45, 7) is 7.11. The van der Waals surface area contributed by atoms with Crippen LogP contribution in [-0.2, 0) is 24.4 Å². The lowest BCUT2D eigenvalue weighted by Gasteiger charge is -2.08. The summed E-state index contributed by atoms with van der Waals surface area (Å²) >= 11 is 6.18. The van der Waals surface area contributed by atoms with Crippen molar-refractivity contribution in [2.45, 2.75) is 40.5 Å². The van der Waals surface area contributed by atoms with E-state index in [-0.39, 0.29) is 6.61 Å². The van der Waals surface area contributed by atoms with Crippen LogP contribution in [0.25, 0.3) is 0 Å². The lowest BCUT2D eigenvalue weighted by Crippen LogP contribution is -2.13. The monoisotopic (exact) mass is 310 g/mol. The van der Waals surface area contributed by atoms with Crippen LogP contribution < -0.4 is 5.73 Å². The van der Waals surface area contributed by atoms with Crippen LogP contribution in [0.4, 0.5) is 5.69 Å². The van der Waals surface area contributed by atoms with Gasteiger partial charge in [0.25, 0.3) is 0 Å². The second-order valence-corrected chi connectivity index (χ2v) is 5.06. The second-order valence-electron chi connectivity index (χ2n) is 4.68. The highest BCUT2D eigenvalue weighted by atomic mass is 35.5. The van der Waals surface area contributed by atoms with Crippen molar-refractivity contribution in [1.82, 2.24) is 14.3 Å². The average Bonchev–Trinajstić information content (AvgIpc) is 2.97. The summed E-state index contributed by atoms with van der Waals surface area (Å²) in [4.78, 5) is 12.2. The number of hydrogen-bond donors (Lipinski definition) is 1.